The average Bonchev–Trinajstić information content (AvgIpc) is 2.27. The summed E-state index contributed by atoms with van der Waals surface area (Å²) in [5.41, 5.74) is 0.785. The highest BCUT2D eigenvalue weighted by Gasteiger charge is 1.98. The maximum Gasteiger partial charge on any atom is 0.202 e. The second kappa shape index (κ2) is 2.03. The molecule has 0 amide bonds. The van der Waals surface area contributed by atoms with E-state index < -0.39 is 0 Å². The van der Waals surface area contributed by atoms with Crippen molar-refractivity contribution in [2.24, 2.45) is 0 Å². The van der Waals surface area contributed by atoms with Gasteiger partial charge in [0.15, 0.2) is 0 Å². The Balaban J connectivity index is 2.88. The first kappa shape index (κ1) is 5.81. The van der Waals surface area contributed by atoms with Crippen LogP contribution >= 0.6 is 11.6 Å². The topological polar surface area (TPSA) is 13.1 Å². The number of hydrogen-bond acceptors (Lipinski definition) is 1. The molecule has 1 aromatic heterocycles. The number of furan rings is 1. The molecule has 0 aliphatic rings. The van der Waals surface area contributed by atoms with Crippen molar-refractivity contribution in [1.82, 2.24) is 0 Å². The van der Waals surface area contributed by atoms with Gasteiger partial charge in [-0.2, -0.15) is 0 Å². The van der Waals surface area contributed by atoms with E-state index in [1.54, 1.807) is 0 Å². The van der Waals surface area contributed by atoms with E-state index in [1.165, 1.54) is 0 Å². The monoisotopic (exact) mass is 151 g/mol. The van der Waals surface area contributed by atoms with Gasteiger partial charge in [-0.3, -0.25) is 0 Å². The molecule has 0 fully saturated rings. The van der Waals surface area contributed by atoms with Gasteiger partial charge >= 0.3 is 0 Å². The van der Waals surface area contributed by atoms with E-state index in [0.717, 1.165) is 11.0 Å². The molecule has 0 bridgehead atoms. The lowest BCUT2D eigenvalue weighted by Gasteiger charge is -1.81. The normalized spacial score (nSPS) is 10.5. The fourth-order valence-electron chi connectivity index (χ4n) is 0.887. The molecule has 1 heterocycles. The van der Waals surface area contributed by atoms with Gasteiger partial charge in [0.1, 0.15) is 5.58 Å². The van der Waals surface area contributed by atoms with Crippen molar-refractivity contribution in [3.63, 3.8) is 0 Å². The average molecular weight is 152 g/mol. The molecule has 0 atom stereocenters. The maximum absolute atomic E-state index is 5.56. The molecule has 0 aliphatic carbocycles. The molecular formula is C8H4ClO. The number of para-hydroxylation sites is 1. The minimum absolute atomic E-state index is 0.321. The lowest BCUT2D eigenvalue weighted by molar-refractivity contribution is 0.617. The van der Waals surface area contributed by atoms with Crippen LogP contribution in [0, 0.1) is 6.07 Å². The molecular weight excluding hydrogens is 148 g/mol. The van der Waals surface area contributed by atoms with Gasteiger partial charge in [-0.25, -0.2) is 0 Å². The number of benzene rings is 1. The second-order valence-electron chi connectivity index (χ2n) is 2.00. The van der Waals surface area contributed by atoms with Crippen LogP contribution in [0.4, 0.5) is 0 Å². The highest BCUT2D eigenvalue weighted by Crippen LogP contribution is 2.20. The maximum atomic E-state index is 5.56. The molecule has 49 valence electrons. The zero-order chi connectivity index (χ0) is 6.97. The first-order chi connectivity index (χ1) is 4.86. The van der Waals surface area contributed by atoms with Gasteiger partial charge in [-0.1, -0.05) is 18.2 Å². The Morgan fingerprint density at radius 2 is 2.10 bits per heavy atom. The molecule has 0 N–H and O–H groups in total. The highest BCUT2D eigenvalue weighted by atomic mass is 35.5. The highest BCUT2D eigenvalue weighted by molar-refractivity contribution is 6.29. The van der Waals surface area contributed by atoms with Gasteiger partial charge in [0.25, 0.3) is 0 Å². The van der Waals surface area contributed by atoms with Crippen molar-refractivity contribution in [2.45, 2.75) is 0 Å². The Bertz CT molecular complexity index is 318. The number of halogens is 1. The van der Waals surface area contributed by atoms with Crippen LogP contribution < -0.4 is 0 Å². The third-order valence-electron chi connectivity index (χ3n) is 1.32. The van der Waals surface area contributed by atoms with E-state index in [0.29, 0.717) is 5.22 Å². The van der Waals surface area contributed by atoms with Gasteiger partial charge in [0, 0.05) is 5.39 Å². The van der Waals surface area contributed by atoms with Crippen molar-refractivity contribution < 1.29 is 4.42 Å². The van der Waals surface area contributed by atoms with Crippen LogP contribution in [-0.2, 0) is 0 Å². The van der Waals surface area contributed by atoms with E-state index in [1.807, 2.05) is 24.3 Å². The van der Waals surface area contributed by atoms with Crippen molar-refractivity contribution in [2.75, 3.05) is 0 Å². The molecule has 1 aromatic carbocycles. The van der Waals surface area contributed by atoms with Crippen LogP contribution in [0.2, 0.25) is 5.22 Å². The Labute approximate surface area is 63.2 Å². The quantitative estimate of drug-likeness (QED) is 0.564. The Morgan fingerprint density at radius 1 is 1.30 bits per heavy atom. The number of hydrogen-bond donors (Lipinski definition) is 0. The largest absolute Gasteiger partial charge is 0.444 e. The number of fused-ring (bicyclic) bond motifs is 1. The fourth-order valence-corrected chi connectivity index (χ4v) is 1.07. The first-order valence-electron chi connectivity index (χ1n) is 2.92. The minimum Gasteiger partial charge on any atom is -0.444 e. The molecule has 0 unspecified atom stereocenters. The molecule has 10 heavy (non-hydrogen) atoms. The summed E-state index contributed by atoms with van der Waals surface area (Å²) in [7, 11) is 0. The predicted octanol–water partition coefficient (Wildman–Crippen LogP) is 2.89. The van der Waals surface area contributed by atoms with Crippen molar-refractivity contribution >= 4 is 22.6 Å². The summed E-state index contributed by atoms with van der Waals surface area (Å²) in [5.74, 6) is 0. The molecule has 0 saturated heterocycles. The third-order valence-corrected chi connectivity index (χ3v) is 1.49. The molecule has 2 heteroatoms. The smallest absolute Gasteiger partial charge is 0.202 e. The summed E-state index contributed by atoms with van der Waals surface area (Å²) in [6.45, 7) is 0. The molecule has 2 rings (SSSR count). The van der Waals surface area contributed by atoms with E-state index in [2.05, 4.69) is 6.07 Å². The molecule has 1 nitrogen and oxygen atoms in total. The number of rotatable bonds is 0. The molecule has 0 spiro atoms. The van der Waals surface area contributed by atoms with E-state index in [4.69, 9.17) is 16.0 Å². The van der Waals surface area contributed by atoms with Crippen LogP contribution in [0.1, 0.15) is 0 Å². The summed E-state index contributed by atoms with van der Waals surface area (Å²) < 4.78 is 5.08. The summed E-state index contributed by atoms with van der Waals surface area (Å²) in [6, 6.07) is 10.4. The van der Waals surface area contributed by atoms with E-state index in [9.17, 15) is 0 Å². The summed E-state index contributed by atoms with van der Waals surface area (Å²) >= 11 is 5.56. The van der Waals surface area contributed by atoms with E-state index in [-0.39, 0.29) is 0 Å². The first-order valence-corrected chi connectivity index (χ1v) is 3.30. The van der Waals surface area contributed by atoms with Gasteiger partial charge < -0.3 is 4.42 Å². The zero-order valence-corrected chi connectivity index (χ0v) is 5.85. The van der Waals surface area contributed by atoms with Crippen LogP contribution in [0.15, 0.2) is 28.7 Å². The van der Waals surface area contributed by atoms with Crippen molar-refractivity contribution in [1.29, 1.82) is 0 Å². The minimum atomic E-state index is 0.321. The van der Waals surface area contributed by atoms with Crippen LogP contribution in [0.3, 0.4) is 0 Å². The molecule has 2 aromatic rings. The summed E-state index contributed by atoms with van der Waals surface area (Å²) in [5, 5.41) is 1.24. The summed E-state index contributed by atoms with van der Waals surface area (Å²) in [6.07, 6.45) is 0. The van der Waals surface area contributed by atoms with Crippen LogP contribution in [0.25, 0.3) is 11.0 Å². The van der Waals surface area contributed by atoms with Gasteiger partial charge in [0.05, 0.1) is 6.07 Å². The van der Waals surface area contributed by atoms with Crippen molar-refractivity contribution in [3.05, 3.63) is 35.6 Å². The SMILES string of the molecule is Clc1[c]c2ccccc2o1. The second-order valence-corrected chi connectivity index (χ2v) is 2.34. The summed E-state index contributed by atoms with van der Waals surface area (Å²) in [4.78, 5) is 0. The Kier molecular flexibility index (Phi) is 1.18. The van der Waals surface area contributed by atoms with Crippen LogP contribution in [0.5, 0.6) is 0 Å². The standard InChI is InChI=1S/C8H4ClO/c9-8-5-6-3-1-2-4-7(6)10-8/h1-4H. The van der Waals surface area contributed by atoms with E-state index >= 15 is 0 Å². The molecule has 1 radical (unpaired) electrons. The van der Waals surface area contributed by atoms with Gasteiger partial charge in [-0.05, 0) is 17.7 Å². The van der Waals surface area contributed by atoms with Crippen molar-refractivity contribution in [3.8, 4) is 0 Å². The Morgan fingerprint density at radius 3 is 2.90 bits per heavy atom. The fraction of sp³-hybridized carbons (Fsp3) is 0. The lowest BCUT2D eigenvalue weighted by Crippen LogP contribution is -1.58. The zero-order valence-electron chi connectivity index (χ0n) is 5.10. The van der Waals surface area contributed by atoms with Gasteiger partial charge in [0.2, 0.25) is 5.22 Å². The van der Waals surface area contributed by atoms with Gasteiger partial charge in [-0.15, -0.1) is 0 Å². The molecule has 0 aliphatic heterocycles. The lowest BCUT2D eigenvalue weighted by atomic mass is 10.3. The predicted molar refractivity (Wildman–Crippen MR) is 40.1 cm³/mol. The third kappa shape index (κ3) is 0.792. The molecule has 0 saturated carbocycles. The Hall–Kier alpha value is -0.950. The van der Waals surface area contributed by atoms with Crippen LogP contribution in [-0.4, -0.2) is 0 Å².